The molecule has 0 bridgehead atoms. The van der Waals surface area contributed by atoms with Gasteiger partial charge in [-0.2, -0.15) is 0 Å². The number of carbonyl (C=O) groups excluding carboxylic acids is 1. The Kier molecular flexibility index (Phi) is 6.10. The summed E-state index contributed by atoms with van der Waals surface area (Å²) in [4.78, 5) is 27.9. The number of nitrogens with one attached hydrogen (secondary N) is 1. The standard InChI is InChI=1S/C24H19ClN2O6/c1-31-20-10-14(11-21(32-2)23(20)29)6-7-18(28)15-4-3-5-16(12-15)27-13-17(26-24(27)30)19-8-9-22(25)33-19/h3-13,29H,1-2H3,(H,26,30). The molecule has 0 radical (unpaired) electrons. The topological polar surface area (TPSA) is 107 Å². The number of ketones is 1. The Labute approximate surface area is 193 Å². The van der Waals surface area contributed by atoms with Crippen molar-refractivity contribution in [2.24, 2.45) is 0 Å². The van der Waals surface area contributed by atoms with E-state index in [-0.39, 0.29) is 33.9 Å². The normalized spacial score (nSPS) is 11.1. The van der Waals surface area contributed by atoms with Crippen LogP contribution in [0.4, 0.5) is 0 Å². The fraction of sp³-hybridized carbons (Fsp3) is 0.0833. The van der Waals surface area contributed by atoms with Gasteiger partial charge < -0.3 is 24.0 Å². The number of ether oxygens (including phenoxy) is 2. The predicted octanol–water partition coefficient (Wildman–Crippen LogP) is 4.70. The van der Waals surface area contributed by atoms with Gasteiger partial charge in [0.05, 0.1) is 19.9 Å². The lowest BCUT2D eigenvalue weighted by molar-refractivity contribution is 0.104. The third-order valence-corrected chi connectivity index (χ3v) is 5.10. The quantitative estimate of drug-likeness (QED) is 0.302. The summed E-state index contributed by atoms with van der Waals surface area (Å²) < 4.78 is 17.0. The van der Waals surface area contributed by atoms with Crippen molar-refractivity contribution in [3.63, 3.8) is 0 Å². The van der Waals surface area contributed by atoms with Crippen molar-refractivity contribution in [2.75, 3.05) is 14.2 Å². The van der Waals surface area contributed by atoms with Gasteiger partial charge in [-0.25, -0.2) is 4.79 Å². The molecule has 0 saturated heterocycles. The lowest BCUT2D eigenvalue weighted by Crippen LogP contribution is -2.14. The highest BCUT2D eigenvalue weighted by Gasteiger charge is 2.13. The molecule has 0 amide bonds. The molecule has 0 aliphatic rings. The number of hydrogen-bond donors (Lipinski definition) is 2. The number of furan rings is 1. The molecule has 2 aromatic carbocycles. The van der Waals surface area contributed by atoms with Crippen molar-refractivity contribution in [3.8, 4) is 34.4 Å². The van der Waals surface area contributed by atoms with E-state index in [0.29, 0.717) is 28.3 Å². The van der Waals surface area contributed by atoms with Crippen LogP contribution in [0.5, 0.6) is 17.2 Å². The number of carbonyl (C=O) groups is 1. The smallest absolute Gasteiger partial charge is 0.330 e. The summed E-state index contributed by atoms with van der Waals surface area (Å²) in [6, 6.07) is 13.1. The minimum absolute atomic E-state index is 0.121. The molecule has 9 heteroatoms. The zero-order chi connectivity index (χ0) is 23.5. The number of phenolic OH excluding ortho intramolecular Hbond substituents is 1. The molecule has 0 aliphatic carbocycles. The Morgan fingerprint density at radius 2 is 1.85 bits per heavy atom. The summed E-state index contributed by atoms with van der Waals surface area (Å²) in [5, 5.41) is 10.2. The zero-order valence-electron chi connectivity index (χ0n) is 17.7. The summed E-state index contributed by atoms with van der Waals surface area (Å²) >= 11 is 5.81. The molecule has 168 valence electrons. The van der Waals surface area contributed by atoms with E-state index in [4.69, 9.17) is 25.5 Å². The molecule has 2 aromatic heterocycles. The van der Waals surface area contributed by atoms with Crippen molar-refractivity contribution >= 4 is 23.5 Å². The molecule has 0 fully saturated rings. The molecule has 8 nitrogen and oxygen atoms in total. The third kappa shape index (κ3) is 4.56. The Bertz CT molecular complexity index is 1390. The van der Waals surface area contributed by atoms with Gasteiger partial charge in [-0.1, -0.05) is 18.2 Å². The van der Waals surface area contributed by atoms with E-state index in [9.17, 15) is 14.7 Å². The number of imidazole rings is 1. The first-order valence-electron chi connectivity index (χ1n) is 9.75. The number of rotatable bonds is 7. The summed E-state index contributed by atoms with van der Waals surface area (Å²) in [7, 11) is 2.85. The van der Waals surface area contributed by atoms with Crippen LogP contribution >= 0.6 is 11.6 Å². The molecular formula is C24H19ClN2O6. The van der Waals surface area contributed by atoms with Crippen LogP contribution in [0.15, 0.2) is 70.0 Å². The first-order chi connectivity index (χ1) is 15.9. The number of aromatic nitrogens is 2. The second-order valence-corrected chi connectivity index (χ2v) is 7.34. The van der Waals surface area contributed by atoms with E-state index in [2.05, 4.69) is 4.98 Å². The number of methoxy groups -OCH3 is 2. The maximum absolute atomic E-state index is 12.8. The summed E-state index contributed by atoms with van der Waals surface area (Å²) in [5.41, 5.74) is 1.57. The first kappa shape index (κ1) is 22.0. The van der Waals surface area contributed by atoms with Crippen molar-refractivity contribution < 1.29 is 23.8 Å². The van der Waals surface area contributed by atoms with Crippen LogP contribution in [-0.4, -0.2) is 34.7 Å². The largest absolute Gasteiger partial charge is 0.502 e. The fourth-order valence-electron chi connectivity index (χ4n) is 3.26. The monoisotopic (exact) mass is 466 g/mol. The molecule has 0 atom stereocenters. The van der Waals surface area contributed by atoms with Gasteiger partial charge >= 0.3 is 5.69 Å². The number of H-pyrrole nitrogens is 1. The number of halogens is 1. The van der Waals surface area contributed by atoms with Gasteiger partial charge in [0.25, 0.3) is 0 Å². The van der Waals surface area contributed by atoms with Crippen LogP contribution in [0.3, 0.4) is 0 Å². The Morgan fingerprint density at radius 1 is 1.12 bits per heavy atom. The summed E-state index contributed by atoms with van der Waals surface area (Å²) in [5.74, 6) is 0.479. The van der Waals surface area contributed by atoms with Gasteiger partial charge in [-0.3, -0.25) is 9.36 Å². The second kappa shape index (κ2) is 9.13. The average Bonchev–Trinajstić information content (AvgIpc) is 3.43. The fourth-order valence-corrected chi connectivity index (χ4v) is 3.40. The average molecular weight is 467 g/mol. The van der Waals surface area contributed by atoms with E-state index in [0.717, 1.165) is 0 Å². The minimum Gasteiger partial charge on any atom is -0.502 e. The third-order valence-electron chi connectivity index (χ3n) is 4.90. The number of nitrogens with zero attached hydrogens (tertiary/aromatic N) is 1. The first-order valence-corrected chi connectivity index (χ1v) is 10.1. The molecule has 0 unspecified atom stereocenters. The molecular weight excluding hydrogens is 448 g/mol. The lowest BCUT2D eigenvalue weighted by Gasteiger charge is -2.09. The van der Waals surface area contributed by atoms with Gasteiger partial charge in [-0.05, 0) is 59.6 Å². The van der Waals surface area contributed by atoms with Crippen molar-refractivity contribution in [3.05, 3.63) is 87.6 Å². The number of allylic oxidation sites excluding steroid dienone is 1. The highest BCUT2D eigenvalue weighted by atomic mass is 35.5. The molecule has 2 N–H and O–H groups in total. The molecule has 2 heterocycles. The SMILES string of the molecule is COc1cc(C=CC(=O)c2cccc(-n3cc(-c4ccc(Cl)o4)[nH]c3=O)c2)cc(OC)c1O. The van der Waals surface area contributed by atoms with Crippen LogP contribution in [-0.2, 0) is 0 Å². The van der Waals surface area contributed by atoms with Crippen LogP contribution in [0.2, 0.25) is 5.22 Å². The van der Waals surface area contributed by atoms with Crippen LogP contribution in [0.1, 0.15) is 15.9 Å². The summed E-state index contributed by atoms with van der Waals surface area (Å²) in [6.07, 6.45) is 4.55. The molecule has 4 aromatic rings. The van der Waals surface area contributed by atoms with Crippen molar-refractivity contribution in [2.45, 2.75) is 0 Å². The van der Waals surface area contributed by atoms with Crippen LogP contribution in [0, 0.1) is 0 Å². The van der Waals surface area contributed by atoms with Crippen LogP contribution < -0.4 is 15.2 Å². The van der Waals surface area contributed by atoms with Crippen molar-refractivity contribution in [1.29, 1.82) is 0 Å². The molecule has 0 aliphatic heterocycles. The van der Waals surface area contributed by atoms with Gasteiger partial charge in [0.15, 0.2) is 28.3 Å². The number of phenols is 1. The highest BCUT2D eigenvalue weighted by molar-refractivity contribution is 6.29. The Balaban J connectivity index is 1.61. The molecule has 0 spiro atoms. The van der Waals surface area contributed by atoms with Crippen LogP contribution in [0.25, 0.3) is 23.2 Å². The highest BCUT2D eigenvalue weighted by Crippen LogP contribution is 2.37. The second-order valence-electron chi connectivity index (χ2n) is 6.97. The number of benzene rings is 2. The van der Waals surface area contributed by atoms with Crippen molar-refractivity contribution in [1.82, 2.24) is 9.55 Å². The van der Waals surface area contributed by atoms with E-state index in [1.54, 1.807) is 60.8 Å². The van der Waals surface area contributed by atoms with E-state index < -0.39 is 0 Å². The number of aromatic amines is 1. The molecule has 0 saturated carbocycles. The Hall–Kier alpha value is -4.17. The summed E-state index contributed by atoms with van der Waals surface area (Å²) in [6.45, 7) is 0. The van der Waals surface area contributed by atoms with Gasteiger partial charge in [0.2, 0.25) is 5.75 Å². The van der Waals surface area contributed by atoms with Gasteiger partial charge in [0, 0.05) is 11.8 Å². The number of aromatic hydroxyl groups is 1. The van der Waals surface area contributed by atoms with E-state index >= 15 is 0 Å². The van der Waals surface area contributed by atoms with E-state index in [1.807, 2.05) is 0 Å². The van der Waals surface area contributed by atoms with Gasteiger partial charge in [0.1, 0.15) is 5.69 Å². The Morgan fingerprint density at radius 3 is 2.48 bits per heavy atom. The molecule has 33 heavy (non-hydrogen) atoms. The maximum atomic E-state index is 12.8. The molecule has 4 rings (SSSR count). The zero-order valence-corrected chi connectivity index (χ0v) is 18.4. The maximum Gasteiger partial charge on any atom is 0.330 e. The van der Waals surface area contributed by atoms with E-state index in [1.165, 1.54) is 24.9 Å². The minimum atomic E-state index is -0.388. The predicted molar refractivity (Wildman–Crippen MR) is 124 cm³/mol. The van der Waals surface area contributed by atoms with Gasteiger partial charge in [-0.15, -0.1) is 0 Å². The lowest BCUT2D eigenvalue weighted by atomic mass is 10.1. The number of hydrogen-bond acceptors (Lipinski definition) is 6.